The van der Waals surface area contributed by atoms with E-state index < -0.39 is 0 Å². The fraction of sp³-hybridized carbons (Fsp3) is 0.211. The van der Waals surface area contributed by atoms with Gasteiger partial charge < -0.3 is 10.3 Å². The first-order chi connectivity index (χ1) is 10.6. The molecule has 3 nitrogen and oxygen atoms in total. The van der Waals surface area contributed by atoms with E-state index in [0.29, 0.717) is 12.2 Å². The molecule has 3 aromatic rings. The molecule has 112 valence electrons. The van der Waals surface area contributed by atoms with E-state index in [-0.39, 0.29) is 5.91 Å². The molecule has 0 fully saturated rings. The Labute approximate surface area is 130 Å². The van der Waals surface area contributed by atoms with Gasteiger partial charge in [-0.3, -0.25) is 4.79 Å². The monoisotopic (exact) mass is 292 g/mol. The molecule has 0 saturated carbocycles. The number of aromatic amines is 1. The molecule has 0 saturated heterocycles. The SMILES string of the molecule is Cc1ccc2c(C)c(C(=O)NCc3ccccc3C)[nH]c2c1. The molecule has 22 heavy (non-hydrogen) atoms. The summed E-state index contributed by atoms with van der Waals surface area (Å²) in [5.41, 5.74) is 6.16. The zero-order valence-corrected chi connectivity index (χ0v) is 13.2. The first-order valence-corrected chi connectivity index (χ1v) is 7.48. The molecule has 3 heteroatoms. The van der Waals surface area contributed by atoms with Crippen LogP contribution in [0.1, 0.15) is 32.7 Å². The van der Waals surface area contributed by atoms with Gasteiger partial charge in [-0.2, -0.15) is 0 Å². The highest BCUT2D eigenvalue weighted by Gasteiger charge is 2.14. The second kappa shape index (κ2) is 5.68. The van der Waals surface area contributed by atoms with Crippen molar-refractivity contribution in [1.82, 2.24) is 10.3 Å². The Balaban J connectivity index is 1.83. The largest absolute Gasteiger partial charge is 0.350 e. The summed E-state index contributed by atoms with van der Waals surface area (Å²) in [6.45, 7) is 6.63. The molecule has 1 aromatic heterocycles. The Morgan fingerprint density at radius 1 is 1.09 bits per heavy atom. The number of hydrogen-bond donors (Lipinski definition) is 2. The van der Waals surface area contributed by atoms with Crippen LogP contribution in [0.4, 0.5) is 0 Å². The zero-order chi connectivity index (χ0) is 15.7. The number of hydrogen-bond acceptors (Lipinski definition) is 1. The molecular formula is C19H20N2O. The number of carbonyl (C=O) groups excluding carboxylic acids is 1. The molecule has 2 N–H and O–H groups in total. The zero-order valence-electron chi connectivity index (χ0n) is 13.2. The number of rotatable bonds is 3. The second-order valence-electron chi connectivity index (χ2n) is 5.78. The van der Waals surface area contributed by atoms with Crippen LogP contribution in [0.2, 0.25) is 0 Å². The van der Waals surface area contributed by atoms with Crippen molar-refractivity contribution in [3.05, 3.63) is 70.4 Å². The highest BCUT2D eigenvalue weighted by Crippen LogP contribution is 2.22. The Bertz CT molecular complexity index is 846. The predicted molar refractivity (Wildman–Crippen MR) is 90.1 cm³/mol. The van der Waals surface area contributed by atoms with Gasteiger partial charge in [0.15, 0.2) is 0 Å². The third-order valence-corrected chi connectivity index (χ3v) is 4.14. The van der Waals surface area contributed by atoms with Crippen LogP contribution in [0.5, 0.6) is 0 Å². The van der Waals surface area contributed by atoms with Gasteiger partial charge in [-0.15, -0.1) is 0 Å². The molecule has 0 aliphatic rings. The van der Waals surface area contributed by atoms with E-state index >= 15 is 0 Å². The third kappa shape index (κ3) is 2.62. The van der Waals surface area contributed by atoms with Crippen LogP contribution < -0.4 is 5.32 Å². The van der Waals surface area contributed by atoms with Crippen molar-refractivity contribution in [1.29, 1.82) is 0 Å². The summed E-state index contributed by atoms with van der Waals surface area (Å²) < 4.78 is 0. The molecule has 0 spiro atoms. The lowest BCUT2D eigenvalue weighted by Crippen LogP contribution is -2.24. The molecule has 0 bridgehead atoms. The van der Waals surface area contributed by atoms with Gasteiger partial charge in [-0.05, 0) is 49.1 Å². The fourth-order valence-electron chi connectivity index (χ4n) is 2.75. The predicted octanol–water partition coefficient (Wildman–Crippen LogP) is 4.02. The molecule has 0 radical (unpaired) electrons. The number of aryl methyl sites for hydroxylation is 3. The molecule has 0 unspecified atom stereocenters. The summed E-state index contributed by atoms with van der Waals surface area (Å²) in [7, 11) is 0. The Hall–Kier alpha value is -2.55. The molecular weight excluding hydrogens is 272 g/mol. The first-order valence-electron chi connectivity index (χ1n) is 7.48. The van der Waals surface area contributed by atoms with Crippen molar-refractivity contribution in [2.24, 2.45) is 0 Å². The smallest absolute Gasteiger partial charge is 0.268 e. The molecule has 2 aromatic carbocycles. The van der Waals surface area contributed by atoms with Gasteiger partial charge in [0.2, 0.25) is 0 Å². The number of benzene rings is 2. The van der Waals surface area contributed by atoms with E-state index in [9.17, 15) is 4.79 Å². The maximum atomic E-state index is 12.5. The van der Waals surface area contributed by atoms with Crippen molar-refractivity contribution in [3.8, 4) is 0 Å². The van der Waals surface area contributed by atoms with Gasteiger partial charge in [0.1, 0.15) is 5.69 Å². The number of aromatic nitrogens is 1. The number of nitrogens with one attached hydrogen (secondary N) is 2. The molecule has 1 heterocycles. The van der Waals surface area contributed by atoms with Crippen LogP contribution in [0.15, 0.2) is 42.5 Å². The minimum atomic E-state index is -0.0605. The summed E-state index contributed by atoms with van der Waals surface area (Å²) in [5.74, 6) is -0.0605. The van der Waals surface area contributed by atoms with E-state index in [1.165, 1.54) is 11.1 Å². The first kappa shape index (κ1) is 14.4. The Kier molecular flexibility index (Phi) is 3.72. The van der Waals surface area contributed by atoms with Crippen molar-refractivity contribution in [3.63, 3.8) is 0 Å². The van der Waals surface area contributed by atoms with E-state index in [2.05, 4.69) is 41.5 Å². The number of H-pyrrole nitrogens is 1. The molecule has 1 amide bonds. The van der Waals surface area contributed by atoms with Gasteiger partial charge in [0.25, 0.3) is 5.91 Å². The highest BCUT2D eigenvalue weighted by molar-refractivity contribution is 6.00. The van der Waals surface area contributed by atoms with Crippen molar-refractivity contribution >= 4 is 16.8 Å². The van der Waals surface area contributed by atoms with Crippen LogP contribution in [0.25, 0.3) is 10.9 Å². The lowest BCUT2D eigenvalue weighted by molar-refractivity contribution is 0.0946. The number of fused-ring (bicyclic) bond motifs is 1. The molecule has 0 aliphatic carbocycles. The fourth-order valence-corrected chi connectivity index (χ4v) is 2.75. The maximum Gasteiger partial charge on any atom is 0.268 e. The van der Waals surface area contributed by atoms with E-state index in [0.717, 1.165) is 22.0 Å². The minimum absolute atomic E-state index is 0.0605. The summed E-state index contributed by atoms with van der Waals surface area (Å²) in [6.07, 6.45) is 0. The van der Waals surface area contributed by atoms with E-state index in [1.807, 2.05) is 32.0 Å². The average molecular weight is 292 g/mol. The normalized spacial score (nSPS) is 10.9. The average Bonchev–Trinajstić information content (AvgIpc) is 2.82. The lowest BCUT2D eigenvalue weighted by atomic mass is 10.1. The van der Waals surface area contributed by atoms with Crippen molar-refractivity contribution < 1.29 is 4.79 Å². The van der Waals surface area contributed by atoms with Crippen LogP contribution in [-0.2, 0) is 6.54 Å². The van der Waals surface area contributed by atoms with Crippen LogP contribution in [0.3, 0.4) is 0 Å². The molecule has 3 rings (SSSR count). The Morgan fingerprint density at radius 3 is 2.64 bits per heavy atom. The van der Waals surface area contributed by atoms with E-state index in [1.54, 1.807) is 0 Å². The third-order valence-electron chi connectivity index (χ3n) is 4.14. The summed E-state index contributed by atoms with van der Waals surface area (Å²) in [4.78, 5) is 15.7. The number of amides is 1. The maximum absolute atomic E-state index is 12.5. The topological polar surface area (TPSA) is 44.9 Å². The standard InChI is InChI=1S/C19H20N2O/c1-12-8-9-16-14(3)18(21-17(16)10-12)19(22)20-11-15-7-5-4-6-13(15)2/h4-10,21H,11H2,1-3H3,(H,20,22). The lowest BCUT2D eigenvalue weighted by Gasteiger charge is -2.07. The van der Waals surface area contributed by atoms with Crippen LogP contribution >= 0.6 is 0 Å². The summed E-state index contributed by atoms with van der Waals surface area (Å²) in [5, 5.41) is 4.11. The van der Waals surface area contributed by atoms with Crippen molar-refractivity contribution in [2.45, 2.75) is 27.3 Å². The second-order valence-corrected chi connectivity index (χ2v) is 5.78. The molecule has 0 atom stereocenters. The number of carbonyl (C=O) groups is 1. The quantitative estimate of drug-likeness (QED) is 0.752. The van der Waals surface area contributed by atoms with Crippen molar-refractivity contribution in [2.75, 3.05) is 0 Å². The van der Waals surface area contributed by atoms with Crippen LogP contribution in [0, 0.1) is 20.8 Å². The molecule has 0 aliphatic heterocycles. The van der Waals surface area contributed by atoms with Gasteiger partial charge in [-0.25, -0.2) is 0 Å². The van der Waals surface area contributed by atoms with Gasteiger partial charge >= 0.3 is 0 Å². The van der Waals surface area contributed by atoms with Crippen LogP contribution in [-0.4, -0.2) is 10.9 Å². The van der Waals surface area contributed by atoms with Gasteiger partial charge in [0.05, 0.1) is 0 Å². The van der Waals surface area contributed by atoms with Gasteiger partial charge in [-0.1, -0.05) is 36.4 Å². The van der Waals surface area contributed by atoms with Gasteiger partial charge in [0, 0.05) is 17.4 Å². The van der Waals surface area contributed by atoms with E-state index in [4.69, 9.17) is 0 Å². The Morgan fingerprint density at radius 2 is 1.86 bits per heavy atom. The highest BCUT2D eigenvalue weighted by atomic mass is 16.1. The summed E-state index contributed by atoms with van der Waals surface area (Å²) >= 11 is 0. The summed E-state index contributed by atoms with van der Waals surface area (Å²) in [6, 6.07) is 14.3. The minimum Gasteiger partial charge on any atom is -0.350 e.